The summed E-state index contributed by atoms with van der Waals surface area (Å²) < 4.78 is 0. The molecule has 0 radical (unpaired) electrons. The first kappa shape index (κ1) is 16.0. The van der Waals surface area contributed by atoms with Crippen molar-refractivity contribution >= 4 is 11.6 Å². The van der Waals surface area contributed by atoms with Gasteiger partial charge in [-0.05, 0) is 39.5 Å². The van der Waals surface area contributed by atoms with Crippen molar-refractivity contribution in [3.05, 3.63) is 11.9 Å². The van der Waals surface area contributed by atoms with Gasteiger partial charge < -0.3 is 15.3 Å². The third kappa shape index (κ3) is 4.06. The predicted molar refractivity (Wildman–Crippen MR) is 86.9 cm³/mol. The van der Waals surface area contributed by atoms with Gasteiger partial charge >= 0.3 is 0 Å². The Kier molecular flexibility index (Phi) is 5.39. The van der Waals surface area contributed by atoms with Crippen LogP contribution in [0.5, 0.6) is 0 Å². The highest BCUT2D eigenvalue weighted by atomic mass is 16.3. The van der Waals surface area contributed by atoms with Crippen molar-refractivity contribution < 1.29 is 5.11 Å². The maximum Gasteiger partial charge on any atom is 0.137 e. The van der Waals surface area contributed by atoms with Crippen LogP contribution < -0.4 is 10.2 Å². The first-order valence-electron chi connectivity index (χ1n) is 8.12. The van der Waals surface area contributed by atoms with Crippen molar-refractivity contribution in [2.75, 3.05) is 29.9 Å². The number of nitrogens with zero attached hydrogens (tertiary/aromatic N) is 3. The lowest BCUT2D eigenvalue weighted by atomic mass is 9.98. The van der Waals surface area contributed by atoms with Gasteiger partial charge in [0.15, 0.2) is 0 Å². The van der Waals surface area contributed by atoms with Gasteiger partial charge in [-0.3, -0.25) is 0 Å². The zero-order chi connectivity index (χ0) is 15.3. The predicted octanol–water partition coefficient (Wildman–Crippen LogP) is 2.60. The Bertz CT molecular complexity index is 462. The van der Waals surface area contributed by atoms with E-state index >= 15 is 0 Å². The van der Waals surface area contributed by atoms with Crippen LogP contribution >= 0.6 is 0 Å². The second-order valence-electron chi connectivity index (χ2n) is 6.14. The summed E-state index contributed by atoms with van der Waals surface area (Å²) in [5.74, 6) is 2.00. The normalized spacial score (nSPS) is 23.0. The average Bonchev–Trinajstić information content (AvgIpc) is 2.62. The van der Waals surface area contributed by atoms with Crippen LogP contribution in [0.25, 0.3) is 0 Å². The van der Waals surface area contributed by atoms with E-state index in [0.29, 0.717) is 0 Å². The maximum absolute atomic E-state index is 10.3. The molecule has 0 aromatic carbocycles. The van der Waals surface area contributed by atoms with Crippen molar-refractivity contribution in [2.24, 2.45) is 0 Å². The van der Waals surface area contributed by atoms with Gasteiger partial charge in [-0.1, -0.05) is 13.3 Å². The molecule has 0 spiro atoms. The molecule has 21 heavy (non-hydrogen) atoms. The molecule has 1 unspecified atom stereocenters. The summed E-state index contributed by atoms with van der Waals surface area (Å²) in [6, 6.07) is 0. The Morgan fingerprint density at radius 3 is 2.81 bits per heavy atom. The van der Waals surface area contributed by atoms with Gasteiger partial charge in [-0.25, -0.2) is 9.97 Å². The van der Waals surface area contributed by atoms with Gasteiger partial charge in [0.05, 0.1) is 5.60 Å². The average molecular weight is 292 g/mol. The lowest BCUT2D eigenvalue weighted by molar-refractivity contribution is 0.0481. The Hall–Kier alpha value is -1.36. The molecule has 1 saturated heterocycles. The summed E-state index contributed by atoms with van der Waals surface area (Å²) in [7, 11) is 0. The molecular formula is C16H28N4O. The van der Waals surface area contributed by atoms with Gasteiger partial charge in [-0.15, -0.1) is 0 Å². The third-order valence-corrected chi connectivity index (χ3v) is 4.13. The first-order valence-corrected chi connectivity index (χ1v) is 8.12. The van der Waals surface area contributed by atoms with Crippen LogP contribution in [0.4, 0.5) is 11.6 Å². The van der Waals surface area contributed by atoms with E-state index in [1.807, 2.05) is 6.92 Å². The molecule has 1 aromatic heterocycles. The van der Waals surface area contributed by atoms with Crippen molar-refractivity contribution in [3.63, 3.8) is 0 Å². The standard InChI is InChI=1S/C16H28N4O/c1-4-7-13-14(17-5-2)18-12-19-15(13)20-10-6-8-16(3,21)9-11-20/h12,21H,4-11H2,1-3H3,(H,17,18,19). The molecule has 5 nitrogen and oxygen atoms in total. The number of aliphatic hydroxyl groups is 1. The lowest BCUT2D eigenvalue weighted by Gasteiger charge is -2.26. The second kappa shape index (κ2) is 7.07. The van der Waals surface area contributed by atoms with Crippen molar-refractivity contribution in [1.29, 1.82) is 0 Å². The molecule has 1 aliphatic rings. The number of hydrogen-bond donors (Lipinski definition) is 2. The molecule has 0 saturated carbocycles. The highest BCUT2D eigenvalue weighted by molar-refractivity contribution is 5.59. The van der Waals surface area contributed by atoms with Gasteiger partial charge in [0, 0.05) is 25.2 Å². The molecule has 5 heteroatoms. The molecule has 2 rings (SSSR count). The Morgan fingerprint density at radius 2 is 2.10 bits per heavy atom. The van der Waals surface area contributed by atoms with Gasteiger partial charge in [0.2, 0.25) is 0 Å². The summed E-state index contributed by atoms with van der Waals surface area (Å²) in [4.78, 5) is 11.3. The third-order valence-electron chi connectivity index (χ3n) is 4.13. The van der Waals surface area contributed by atoms with Crippen molar-refractivity contribution in [3.8, 4) is 0 Å². The lowest BCUT2D eigenvalue weighted by Crippen LogP contribution is -2.29. The van der Waals surface area contributed by atoms with E-state index in [4.69, 9.17) is 0 Å². The fourth-order valence-corrected chi connectivity index (χ4v) is 2.95. The number of hydrogen-bond acceptors (Lipinski definition) is 5. The van der Waals surface area contributed by atoms with Crippen LogP contribution in [-0.2, 0) is 6.42 Å². The summed E-state index contributed by atoms with van der Waals surface area (Å²) in [6.45, 7) is 8.87. The number of rotatable bonds is 5. The Labute approximate surface area is 127 Å². The molecule has 1 fully saturated rings. The van der Waals surface area contributed by atoms with Crippen LogP contribution in [0.15, 0.2) is 6.33 Å². The van der Waals surface area contributed by atoms with E-state index in [1.165, 1.54) is 5.56 Å². The number of anilines is 2. The van der Waals surface area contributed by atoms with Crippen LogP contribution in [0.3, 0.4) is 0 Å². The smallest absolute Gasteiger partial charge is 0.137 e. The van der Waals surface area contributed by atoms with Crippen LogP contribution in [0.1, 0.15) is 52.0 Å². The van der Waals surface area contributed by atoms with E-state index in [-0.39, 0.29) is 0 Å². The van der Waals surface area contributed by atoms with Gasteiger partial charge in [0.1, 0.15) is 18.0 Å². The topological polar surface area (TPSA) is 61.3 Å². The van der Waals surface area contributed by atoms with E-state index in [1.54, 1.807) is 6.33 Å². The highest BCUT2D eigenvalue weighted by Gasteiger charge is 2.27. The Balaban J connectivity index is 2.27. The quantitative estimate of drug-likeness (QED) is 0.873. The van der Waals surface area contributed by atoms with Crippen LogP contribution in [0, 0.1) is 0 Å². The highest BCUT2D eigenvalue weighted by Crippen LogP contribution is 2.29. The monoisotopic (exact) mass is 292 g/mol. The van der Waals surface area contributed by atoms with Crippen LogP contribution in [0.2, 0.25) is 0 Å². The number of aromatic nitrogens is 2. The fourth-order valence-electron chi connectivity index (χ4n) is 2.95. The minimum Gasteiger partial charge on any atom is -0.390 e. The van der Waals surface area contributed by atoms with Gasteiger partial charge in [-0.2, -0.15) is 0 Å². The summed E-state index contributed by atoms with van der Waals surface area (Å²) in [5.41, 5.74) is 0.667. The second-order valence-corrected chi connectivity index (χ2v) is 6.14. The molecule has 0 amide bonds. The Morgan fingerprint density at radius 1 is 1.29 bits per heavy atom. The van der Waals surface area contributed by atoms with Crippen molar-refractivity contribution in [1.82, 2.24) is 9.97 Å². The summed E-state index contributed by atoms with van der Waals surface area (Å²) in [5, 5.41) is 13.6. The van der Waals surface area contributed by atoms with Gasteiger partial charge in [0.25, 0.3) is 0 Å². The van der Waals surface area contributed by atoms with Crippen LogP contribution in [-0.4, -0.2) is 40.3 Å². The molecule has 1 aliphatic heterocycles. The molecule has 118 valence electrons. The number of nitrogens with one attached hydrogen (secondary N) is 1. The summed E-state index contributed by atoms with van der Waals surface area (Å²) >= 11 is 0. The van der Waals surface area contributed by atoms with E-state index in [9.17, 15) is 5.11 Å². The van der Waals surface area contributed by atoms with E-state index < -0.39 is 5.60 Å². The zero-order valence-electron chi connectivity index (χ0n) is 13.5. The SMILES string of the molecule is CCCc1c(NCC)ncnc1N1CCCC(C)(O)CC1. The minimum atomic E-state index is -0.544. The summed E-state index contributed by atoms with van der Waals surface area (Å²) in [6.07, 6.45) is 6.35. The fraction of sp³-hybridized carbons (Fsp3) is 0.750. The maximum atomic E-state index is 10.3. The minimum absolute atomic E-state index is 0.544. The van der Waals surface area contributed by atoms with E-state index in [0.717, 1.165) is 63.4 Å². The molecule has 1 atom stereocenters. The van der Waals surface area contributed by atoms with Crippen molar-refractivity contribution in [2.45, 2.75) is 58.5 Å². The van der Waals surface area contributed by atoms with E-state index in [2.05, 4.69) is 34.0 Å². The molecule has 0 bridgehead atoms. The zero-order valence-corrected chi connectivity index (χ0v) is 13.5. The molecule has 1 aromatic rings. The molecule has 2 heterocycles. The first-order chi connectivity index (χ1) is 10.1. The molecule has 2 N–H and O–H groups in total. The largest absolute Gasteiger partial charge is 0.390 e. The molecular weight excluding hydrogens is 264 g/mol. The molecule has 0 aliphatic carbocycles.